The van der Waals surface area contributed by atoms with Gasteiger partial charge in [0, 0.05) is 53.5 Å². The highest BCUT2D eigenvalue weighted by Crippen LogP contribution is 2.24. The quantitative estimate of drug-likeness (QED) is 0.250. The molecule has 0 saturated carbocycles. The van der Waals surface area contributed by atoms with Gasteiger partial charge in [0.25, 0.3) is 0 Å². The highest BCUT2D eigenvalue weighted by molar-refractivity contribution is 5.67. The zero-order chi connectivity index (χ0) is 19.5. The number of carbonyl (C=O) groups excluding carboxylic acids is 1. The van der Waals surface area contributed by atoms with E-state index in [1.54, 1.807) is 0 Å². The Balaban J connectivity index is 2.53. The van der Waals surface area contributed by atoms with Crippen LogP contribution in [0.5, 0.6) is 0 Å². The Morgan fingerprint density at radius 3 is 2.35 bits per heavy atom. The van der Waals surface area contributed by atoms with Gasteiger partial charge in [0.05, 0.1) is 6.61 Å². The van der Waals surface area contributed by atoms with E-state index in [4.69, 9.17) is 30.4 Å². The minimum atomic E-state index is -1.33. The number of amides is 1. The van der Waals surface area contributed by atoms with Crippen molar-refractivity contribution in [1.29, 1.82) is 0 Å². The van der Waals surface area contributed by atoms with Gasteiger partial charge in [-0.25, -0.2) is 4.79 Å². The predicted molar refractivity (Wildman–Crippen MR) is 92.4 cm³/mol. The Kier molecular flexibility index (Phi) is 10.9. The van der Waals surface area contributed by atoms with Gasteiger partial charge in [-0.2, -0.15) is 0 Å². The Morgan fingerprint density at radius 1 is 1.15 bits per heavy atom. The average molecular weight is 380 g/mol. The monoisotopic (exact) mass is 380 g/mol. The van der Waals surface area contributed by atoms with E-state index >= 15 is 0 Å². The first-order valence-corrected chi connectivity index (χ1v) is 8.58. The van der Waals surface area contributed by atoms with Crippen LogP contribution in [0.15, 0.2) is 0 Å². The van der Waals surface area contributed by atoms with Gasteiger partial charge in [0.2, 0.25) is 0 Å². The predicted octanol–water partition coefficient (Wildman–Crippen LogP) is -2.96. The standard InChI is InChI=1S/C15H32N4O7/c1-23-9-10-11(20)13(12(21)14(24-2)25-10)26-15(22)18-5-8-19(6-3-16)7-4-17/h10-14,20-21H,3-9,16-17H2,1-2H3,(H,18,22). The summed E-state index contributed by atoms with van der Waals surface area (Å²) in [6, 6.07) is 0. The molecule has 154 valence electrons. The van der Waals surface area contributed by atoms with Crippen LogP contribution in [0.1, 0.15) is 0 Å². The first kappa shape index (κ1) is 23.0. The molecule has 1 saturated heterocycles. The Hall–Kier alpha value is -1.05. The van der Waals surface area contributed by atoms with Crippen LogP contribution in [0.2, 0.25) is 0 Å². The molecule has 1 heterocycles. The summed E-state index contributed by atoms with van der Waals surface area (Å²) in [4.78, 5) is 14.0. The third-order valence-corrected chi connectivity index (χ3v) is 4.04. The molecule has 0 aliphatic carbocycles. The number of nitrogens with two attached hydrogens (primary N) is 2. The number of ether oxygens (including phenoxy) is 4. The van der Waals surface area contributed by atoms with Crippen molar-refractivity contribution >= 4 is 6.09 Å². The van der Waals surface area contributed by atoms with E-state index in [9.17, 15) is 15.0 Å². The number of carbonyl (C=O) groups is 1. The number of aliphatic hydroxyl groups is 2. The van der Waals surface area contributed by atoms with E-state index in [2.05, 4.69) is 5.32 Å². The SMILES string of the molecule is COCC1OC(OC)C(O)C(OC(=O)NCCN(CCN)CCN)C1O. The molecular formula is C15H32N4O7. The van der Waals surface area contributed by atoms with Crippen molar-refractivity contribution in [2.45, 2.75) is 30.7 Å². The zero-order valence-corrected chi connectivity index (χ0v) is 15.4. The second-order valence-electron chi connectivity index (χ2n) is 5.93. The van der Waals surface area contributed by atoms with E-state index in [0.717, 1.165) is 0 Å². The van der Waals surface area contributed by atoms with E-state index in [-0.39, 0.29) is 6.61 Å². The second-order valence-corrected chi connectivity index (χ2v) is 5.93. The molecule has 5 unspecified atom stereocenters. The maximum absolute atomic E-state index is 12.0. The highest BCUT2D eigenvalue weighted by Gasteiger charge is 2.47. The number of aliphatic hydroxyl groups excluding tert-OH is 2. The Bertz CT molecular complexity index is 398. The summed E-state index contributed by atoms with van der Waals surface area (Å²) < 4.78 is 20.6. The van der Waals surface area contributed by atoms with Crippen LogP contribution in [0, 0.1) is 0 Å². The molecule has 1 aliphatic heterocycles. The molecule has 1 amide bonds. The summed E-state index contributed by atoms with van der Waals surface area (Å²) >= 11 is 0. The van der Waals surface area contributed by atoms with Crippen LogP contribution in [0.4, 0.5) is 4.79 Å². The summed E-state index contributed by atoms with van der Waals surface area (Å²) in [5.41, 5.74) is 11.1. The molecule has 0 spiro atoms. The molecule has 5 atom stereocenters. The fraction of sp³-hybridized carbons (Fsp3) is 0.933. The third kappa shape index (κ3) is 6.93. The topological polar surface area (TPSA) is 162 Å². The molecule has 1 fully saturated rings. The lowest BCUT2D eigenvalue weighted by molar-refractivity contribution is -0.294. The lowest BCUT2D eigenvalue weighted by Crippen LogP contribution is -2.61. The van der Waals surface area contributed by atoms with Crippen molar-refractivity contribution in [1.82, 2.24) is 10.2 Å². The third-order valence-electron chi connectivity index (χ3n) is 4.04. The van der Waals surface area contributed by atoms with Gasteiger partial charge in [-0.05, 0) is 0 Å². The average Bonchev–Trinajstić information content (AvgIpc) is 2.61. The number of alkyl carbamates (subject to hydrolysis) is 1. The van der Waals surface area contributed by atoms with E-state index in [0.29, 0.717) is 39.3 Å². The molecule has 0 aromatic carbocycles. The molecule has 0 aromatic rings. The molecule has 0 aromatic heterocycles. The Labute approximate surface area is 153 Å². The van der Waals surface area contributed by atoms with Crippen molar-refractivity contribution in [2.24, 2.45) is 11.5 Å². The molecule has 7 N–H and O–H groups in total. The maximum Gasteiger partial charge on any atom is 0.407 e. The summed E-state index contributed by atoms with van der Waals surface area (Å²) in [5.74, 6) is 0. The number of methoxy groups -OCH3 is 2. The molecule has 0 bridgehead atoms. The molecule has 11 heteroatoms. The van der Waals surface area contributed by atoms with Gasteiger partial charge in [-0.15, -0.1) is 0 Å². The van der Waals surface area contributed by atoms with Crippen LogP contribution >= 0.6 is 0 Å². The number of nitrogens with zero attached hydrogens (tertiary/aromatic N) is 1. The summed E-state index contributed by atoms with van der Waals surface area (Å²) in [6.45, 7) is 3.23. The lowest BCUT2D eigenvalue weighted by atomic mass is 9.99. The first-order valence-electron chi connectivity index (χ1n) is 8.58. The normalized spacial score (nSPS) is 29.0. The number of rotatable bonds is 11. The van der Waals surface area contributed by atoms with Crippen molar-refractivity contribution < 1.29 is 34.0 Å². The van der Waals surface area contributed by atoms with Crippen molar-refractivity contribution in [2.75, 3.05) is 60.1 Å². The summed E-state index contributed by atoms with van der Waals surface area (Å²) in [6.07, 6.45) is -6.40. The van der Waals surface area contributed by atoms with Gasteiger partial charge in [0.15, 0.2) is 12.4 Å². The molecule has 1 aliphatic rings. The van der Waals surface area contributed by atoms with Crippen LogP contribution in [0.25, 0.3) is 0 Å². The fourth-order valence-corrected chi connectivity index (χ4v) is 2.72. The maximum atomic E-state index is 12.0. The van der Waals surface area contributed by atoms with Gasteiger partial charge in [-0.1, -0.05) is 0 Å². The molecule has 26 heavy (non-hydrogen) atoms. The van der Waals surface area contributed by atoms with Crippen LogP contribution < -0.4 is 16.8 Å². The molecule has 11 nitrogen and oxygen atoms in total. The van der Waals surface area contributed by atoms with E-state index < -0.39 is 36.8 Å². The van der Waals surface area contributed by atoms with Crippen molar-refractivity contribution in [3.8, 4) is 0 Å². The van der Waals surface area contributed by atoms with Crippen LogP contribution in [0.3, 0.4) is 0 Å². The fourth-order valence-electron chi connectivity index (χ4n) is 2.72. The van der Waals surface area contributed by atoms with E-state index in [1.165, 1.54) is 14.2 Å². The first-order chi connectivity index (χ1) is 12.5. The summed E-state index contributed by atoms with van der Waals surface area (Å²) in [5, 5.41) is 23.1. The number of hydrogen-bond donors (Lipinski definition) is 5. The van der Waals surface area contributed by atoms with E-state index in [1.807, 2.05) is 4.90 Å². The second kappa shape index (κ2) is 12.4. The highest BCUT2D eigenvalue weighted by atomic mass is 16.7. The molecular weight excluding hydrogens is 348 g/mol. The van der Waals surface area contributed by atoms with Crippen LogP contribution in [-0.4, -0.2) is 112 Å². The van der Waals surface area contributed by atoms with Gasteiger partial charge < -0.3 is 45.9 Å². The van der Waals surface area contributed by atoms with Crippen molar-refractivity contribution in [3.05, 3.63) is 0 Å². The number of nitrogens with one attached hydrogen (secondary N) is 1. The summed E-state index contributed by atoms with van der Waals surface area (Å²) in [7, 11) is 2.79. The lowest BCUT2D eigenvalue weighted by Gasteiger charge is -2.41. The van der Waals surface area contributed by atoms with Crippen molar-refractivity contribution in [3.63, 3.8) is 0 Å². The molecule has 1 rings (SSSR count). The Morgan fingerprint density at radius 2 is 1.81 bits per heavy atom. The van der Waals surface area contributed by atoms with Crippen LogP contribution in [-0.2, 0) is 18.9 Å². The minimum absolute atomic E-state index is 0.0579. The minimum Gasteiger partial charge on any atom is -0.440 e. The smallest absolute Gasteiger partial charge is 0.407 e. The largest absolute Gasteiger partial charge is 0.440 e. The van der Waals surface area contributed by atoms with Gasteiger partial charge >= 0.3 is 6.09 Å². The zero-order valence-electron chi connectivity index (χ0n) is 15.4. The van der Waals surface area contributed by atoms with Gasteiger partial charge in [0.1, 0.15) is 18.3 Å². The number of hydrogen-bond acceptors (Lipinski definition) is 10. The molecule has 0 radical (unpaired) electrons. The van der Waals surface area contributed by atoms with Gasteiger partial charge in [-0.3, -0.25) is 4.90 Å².